The molecular formula is C25H24N2O4S2. The largest absolute Gasteiger partial charge is 0.491 e. The van der Waals surface area contributed by atoms with Crippen LogP contribution in [0.1, 0.15) is 46.4 Å². The minimum Gasteiger partial charge on any atom is -0.491 e. The summed E-state index contributed by atoms with van der Waals surface area (Å²) in [5.74, 6) is 0.0245. The number of aromatic nitrogens is 1. The van der Waals surface area contributed by atoms with E-state index in [4.69, 9.17) is 14.5 Å². The molecule has 0 unspecified atom stereocenters. The van der Waals surface area contributed by atoms with Gasteiger partial charge in [0.25, 0.3) is 5.91 Å². The molecule has 1 amide bonds. The third kappa shape index (κ3) is 4.91. The van der Waals surface area contributed by atoms with Crippen LogP contribution >= 0.6 is 22.7 Å². The number of nitrogens with one attached hydrogen (secondary N) is 1. The fourth-order valence-electron chi connectivity index (χ4n) is 3.36. The van der Waals surface area contributed by atoms with Gasteiger partial charge in [-0.05, 0) is 69.7 Å². The molecule has 0 aliphatic carbocycles. The van der Waals surface area contributed by atoms with Gasteiger partial charge in [-0.2, -0.15) is 0 Å². The first-order valence-corrected chi connectivity index (χ1v) is 12.2. The average molecular weight is 481 g/mol. The molecule has 0 fully saturated rings. The average Bonchev–Trinajstić information content (AvgIpc) is 3.34. The van der Waals surface area contributed by atoms with Gasteiger partial charge in [-0.25, -0.2) is 9.78 Å². The molecule has 2 aromatic carbocycles. The van der Waals surface area contributed by atoms with Gasteiger partial charge in [-0.3, -0.25) is 4.79 Å². The van der Waals surface area contributed by atoms with Gasteiger partial charge >= 0.3 is 5.97 Å². The number of ether oxygens (including phenoxy) is 2. The van der Waals surface area contributed by atoms with E-state index in [1.165, 1.54) is 22.7 Å². The van der Waals surface area contributed by atoms with Crippen molar-refractivity contribution in [3.8, 4) is 16.3 Å². The lowest BCUT2D eigenvalue weighted by Gasteiger charge is -2.10. The van der Waals surface area contributed by atoms with Crippen LogP contribution in [0.25, 0.3) is 20.8 Å². The summed E-state index contributed by atoms with van der Waals surface area (Å²) in [6.45, 7) is 7.80. The summed E-state index contributed by atoms with van der Waals surface area (Å²) in [7, 11) is 0. The summed E-state index contributed by atoms with van der Waals surface area (Å²) in [4.78, 5) is 30.8. The predicted octanol–water partition coefficient (Wildman–Crippen LogP) is 6.55. The molecule has 2 heterocycles. The van der Waals surface area contributed by atoms with E-state index in [-0.39, 0.29) is 18.6 Å². The third-order valence-corrected chi connectivity index (χ3v) is 7.07. The highest BCUT2D eigenvalue weighted by Crippen LogP contribution is 2.43. The summed E-state index contributed by atoms with van der Waals surface area (Å²) < 4.78 is 11.9. The molecule has 0 aliphatic rings. The molecule has 33 heavy (non-hydrogen) atoms. The first-order valence-electron chi connectivity index (χ1n) is 10.6. The molecule has 8 heteroatoms. The summed E-state index contributed by atoms with van der Waals surface area (Å²) in [6.07, 6.45) is 0.0523. The Labute approximate surface area is 200 Å². The van der Waals surface area contributed by atoms with Crippen molar-refractivity contribution in [3.05, 3.63) is 64.5 Å². The number of esters is 1. The van der Waals surface area contributed by atoms with Gasteiger partial charge in [-0.1, -0.05) is 12.1 Å². The van der Waals surface area contributed by atoms with Crippen molar-refractivity contribution in [1.82, 2.24) is 4.98 Å². The molecule has 0 saturated carbocycles. The van der Waals surface area contributed by atoms with Crippen molar-refractivity contribution in [3.63, 3.8) is 0 Å². The number of nitrogens with zero attached hydrogens (tertiary/aromatic N) is 1. The Hall–Kier alpha value is -3.23. The number of thiophene rings is 1. The highest BCUT2D eigenvalue weighted by molar-refractivity contribution is 7.23. The van der Waals surface area contributed by atoms with Crippen LogP contribution in [-0.2, 0) is 4.74 Å². The molecule has 0 aliphatic heterocycles. The number of hydrogen-bond donors (Lipinski definition) is 1. The van der Waals surface area contributed by atoms with Gasteiger partial charge in [0.15, 0.2) is 0 Å². The maximum absolute atomic E-state index is 13.0. The summed E-state index contributed by atoms with van der Waals surface area (Å²) >= 11 is 2.73. The molecule has 170 valence electrons. The summed E-state index contributed by atoms with van der Waals surface area (Å²) in [5, 5.41) is 4.30. The Morgan fingerprint density at radius 1 is 1.06 bits per heavy atom. The number of amides is 1. The van der Waals surface area contributed by atoms with Crippen LogP contribution in [0.2, 0.25) is 0 Å². The molecule has 0 spiro atoms. The van der Waals surface area contributed by atoms with Gasteiger partial charge in [-0.15, -0.1) is 22.7 Å². The Morgan fingerprint density at radius 3 is 2.45 bits per heavy atom. The zero-order valence-electron chi connectivity index (χ0n) is 18.8. The molecule has 0 radical (unpaired) electrons. The molecule has 1 N–H and O–H groups in total. The van der Waals surface area contributed by atoms with Gasteiger partial charge < -0.3 is 14.8 Å². The Bertz CT molecular complexity index is 1270. The van der Waals surface area contributed by atoms with E-state index < -0.39 is 5.97 Å². The fraction of sp³-hybridized carbons (Fsp3) is 0.240. The number of thiazole rings is 1. The van der Waals surface area contributed by atoms with Gasteiger partial charge in [0.1, 0.15) is 20.6 Å². The number of carbonyl (C=O) groups is 2. The number of fused-ring (bicyclic) bond motifs is 1. The molecule has 6 nitrogen and oxygen atoms in total. The van der Waals surface area contributed by atoms with E-state index in [1.807, 2.05) is 45.0 Å². The minimum atomic E-state index is -0.405. The molecule has 0 saturated heterocycles. The highest BCUT2D eigenvalue weighted by Gasteiger charge is 2.25. The number of hydrogen-bond acceptors (Lipinski definition) is 7. The third-order valence-electron chi connectivity index (χ3n) is 4.83. The second-order valence-electron chi connectivity index (χ2n) is 7.61. The molecule has 0 bridgehead atoms. The number of carbonyl (C=O) groups excluding carboxylic acids is 2. The molecule has 4 rings (SSSR count). The van der Waals surface area contributed by atoms with Crippen LogP contribution in [0, 0.1) is 6.92 Å². The van der Waals surface area contributed by atoms with Crippen molar-refractivity contribution in [2.75, 3.05) is 11.9 Å². The molecule has 4 aromatic rings. The van der Waals surface area contributed by atoms with Gasteiger partial charge in [0.05, 0.1) is 22.9 Å². The van der Waals surface area contributed by atoms with Crippen molar-refractivity contribution in [2.45, 2.75) is 33.8 Å². The van der Waals surface area contributed by atoms with Crippen LogP contribution in [0.5, 0.6) is 5.75 Å². The van der Waals surface area contributed by atoms with E-state index in [9.17, 15) is 9.59 Å². The highest BCUT2D eigenvalue weighted by atomic mass is 32.1. The Morgan fingerprint density at radius 2 is 1.79 bits per heavy atom. The zero-order chi connectivity index (χ0) is 23.5. The smallest absolute Gasteiger partial charge is 0.348 e. The lowest BCUT2D eigenvalue weighted by Crippen LogP contribution is -2.12. The number of para-hydroxylation sites is 1. The predicted molar refractivity (Wildman–Crippen MR) is 134 cm³/mol. The van der Waals surface area contributed by atoms with Crippen molar-refractivity contribution in [2.24, 2.45) is 0 Å². The van der Waals surface area contributed by atoms with Crippen LogP contribution in [0.3, 0.4) is 0 Å². The minimum absolute atomic E-state index is 0.0523. The van der Waals surface area contributed by atoms with Crippen LogP contribution in [0.15, 0.2) is 48.5 Å². The molecule has 2 aromatic heterocycles. The van der Waals surface area contributed by atoms with E-state index in [0.29, 0.717) is 21.2 Å². The first kappa shape index (κ1) is 22.9. The van der Waals surface area contributed by atoms with E-state index >= 15 is 0 Å². The SMILES string of the molecule is CCOC(=O)c1sc(NC(=O)c2ccc(OC(C)C)cc2)c(-c2nc3ccccc3s2)c1C. The van der Waals surface area contributed by atoms with Crippen molar-refractivity contribution < 1.29 is 19.1 Å². The van der Waals surface area contributed by atoms with Crippen LogP contribution in [0.4, 0.5) is 5.00 Å². The van der Waals surface area contributed by atoms with Gasteiger partial charge in [0, 0.05) is 11.1 Å². The molecular weight excluding hydrogens is 456 g/mol. The van der Waals surface area contributed by atoms with Crippen molar-refractivity contribution >= 4 is 49.8 Å². The quantitative estimate of drug-likeness (QED) is 0.304. The van der Waals surface area contributed by atoms with E-state index in [2.05, 4.69) is 5.32 Å². The van der Waals surface area contributed by atoms with E-state index in [1.54, 1.807) is 31.2 Å². The fourth-order valence-corrected chi connectivity index (χ4v) is 5.60. The van der Waals surface area contributed by atoms with Crippen LogP contribution in [-0.4, -0.2) is 29.6 Å². The topological polar surface area (TPSA) is 77.5 Å². The Kier molecular flexibility index (Phi) is 6.76. The number of rotatable bonds is 7. The van der Waals surface area contributed by atoms with Crippen LogP contribution < -0.4 is 10.1 Å². The summed E-state index contributed by atoms with van der Waals surface area (Å²) in [5.41, 5.74) is 2.86. The lowest BCUT2D eigenvalue weighted by molar-refractivity contribution is 0.0531. The second-order valence-corrected chi connectivity index (χ2v) is 9.66. The number of anilines is 1. The van der Waals surface area contributed by atoms with E-state index in [0.717, 1.165) is 26.4 Å². The standard InChI is InChI=1S/C25H24N2O4S2/c1-5-30-25(29)21-15(4)20(23-26-18-8-6-7-9-19(18)32-23)24(33-21)27-22(28)16-10-12-17(13-11-16)31-14(2)3/h6-14H,5H2,1-4H3,(H,27,28). The maximum Gasteiger partial charge on any atom is 0.348 e. The Balaban J connectivity index is 1.71. The normalized spacial score (nSPS) is 11.1. The molecule has 0 atom stereocenters. The van der Waals surface area contributed by atoms with Gasteiger partial charge in [0.2, 0.25) is 0 Å². The second kappa shape index (κ2) is 9.72. The van der Waals surface area contributed by atoms with Crippen molar-refractivity contribution in [1.29, 1.82) is 0 Å². The summed E-state index contributed by atoms with van der Waals surface area (Å²) in [6, 6.07) is 14.8. The maximum atomic E-state index is 13.0. The first-order chi connectivity index (χ1) is 15.9. The monoisotopic (exact) mass is 480 g/mol. The number of benzene rings is 2. The lowest BCUT2D eigenvalue weighted by atomic mass is 10.1. The zero-order valence-corrected chi connectivity index (χ0v) is 20.4.